The molecule has 124 valence electrons. The standard InChI is InChI=1S/C25H19N/c1-18-24(19-10-4-2-5-11-19)25(20-12-6-3-7-13-20)23-16-21-14-8-9-15-22(21)17-26(18)23/h2-17H,1H3. The normalized spacial score (nSPS) is 11.3. The van der Waals surface area contributed by atoms with Gasteiger partial charge in [-0.1, -0.05) is 84.9 Å². The lowest BCUT2D eigenvalue weighted by Gasteiger charge is -2.07. The van der Waals surface area contributed by atoms with Crippen molar-refractivity contribution < 1.29 is 0 Å². The van der Waals surface area contributed by atoms with Gasteiger partial charge in [0.1, 0.15) is 0 Å². The van der Waals surface area contributed by atoms with Crippen molar-refractivity contribution in [2.24, 2.45) is 0 Å². The van der Waals surface area contributed by atoms with Crippen molar-refractivity contribution in [2.75, 3.05) is 0 Å². The molecule has 0 saturated heterocycles. The van der Waals surface area contributed by atoms with Gasteiger partial charge in [-0.25, -0.2) is 0 Å². The number of rotatable bonds is 2. The third-order valence-corrected chi connectivity index (χ3v) is 5.17. The lowest BCUT2D eigenvalue weighted by atomic mass is 9.95. The molecule has 2 aromatic heterocycles. The molecule has 0 amide bonds. The van der Waals surface area contributed by atoms with Crippen LogP contribution in [0.25, 0.3) is 38.5 Å². The highest BCUT2D eigenvalue weighted by molar-refractivity contribution is 6.00. The predicted molar refractivity (Wildman–Crippen MR) is 111 cm³/mol. The maximum atomic E-state index is 2.34. The first kappa shape index (κ1) is 15.0. The van der Waals surface area contributed by atoms with Gasteiger partial charge >= 0.3 is 0 Å². The van der Waals surface area contributed by atoms with E-state index in [-0.39, 0.29) is 0 Å². The quantitative estimate of drug-likeness (QED) is 0.337. The maximum absolute atomic E-state index is 2.34. The highest BCUT2D eigenvalue weighted by Gasteiger charge is 2.18. The third-order valence-electron chi connectivity index (χ3n) is 5.17. The zero-order valence-electron chi connectivity index (χ0n) is 14.7. The van der Waals surface area contributed by atoms with Crippen LogP contribution in [0, 0.1) is 6.92 Å². The lowest BCUT2D eigenvalue weighted by molar-refractivity contribution is 1.13. The Balaban J connectivity index is 1.96. The SMILES string of the molecule is Cc1c(-c2ccccc2)c(-c2ccccc2)c2cc3ccccc3cn12. The van der Waals surface area contributed by atoms with Gasteiger partial charge in [-0.2, -0.15) is 0 Å². The maximum Gasteiger partial charge on any atom is 0.0544 e. The van der Waals surface area contributed by atoms with Crippen LogP contribution in [0.15, 0.2) is 97.2 Å². The van der Waals surface area contributed by atoms with Crippen LogP contribution in [-0.4, -0.2) is 4.40 Å². The summed E-state index contributed by atoms with van der Waals surface area (Å²) in [7, 11) is 0. The average molecular weight is 333 g/mol. The number of benzene rings is 3. The van der Waals surface area contributed by atoms with Crippen LogP contribution in [0.2, 0.25) is 0 Å². The smallest absolute Gasteiger partial charge is 0.0544 e. The Morgan fingerprint density at radius 3 is 1.77 bits per heavy atom. The molecule has 5 aromatic rings. The van der Waals surface area contributed by atoms with E-state index in [0.29, 0.717) is 0 Å². The molecule has 0 spiro atoms. The summed E-state index contributed by atoms with van der Waals surface area (Å²) in [6, 6.07) is 32.3. The minimum Gasteiger partial charge on any atom is -0.319 e. The molecular formula is C25H19N. The van der Waals surface area contributed by atoms with Crippen molar-refractivity contribution in [1.82, 2.24) is 4.40 Å². The van der Waals surface area contributed by atoms with Gasteiger partial charge < -0.3 is 4.40 Å². The first-order valence-corrected chi connectivity index (χ1v) is 8.97. The zero-order chi connectivity index (χ0) is 17.5. The fourth-order valence-corrected chi connectivity index (χ4v) is 3.94. The Morgan fingerprint density at radius 2 is 1.12 bits per heavy atom. The summed E-state index contributed by atoms with van der Waals surface area (Å²) in [5, 5.41) is 2.53. The molecule has 0 aliphatic rings. The average Bonchev–Trinajstić information content (AvgIpc) is 2.99. The van der Waals surface area contributed by atoms with Crippen LogP contribution in [0.4, 0.5) is 0 Å². The summed E-state index contributed by atoms with van der Waals surface area (Å²) >= 11 is 0. The summed E-state index contributed by atoms with van der Waals surface area (Å²) in [5.74, 6) is 0. The summed E-state index contributed by atoms with van der Waals surface area (Å²) in [6.45, 7) is 2.22. The largest absolute Gasteiger partial charge is 0.319 e. The fraction of sp³-hybridized carbons (Fsp3) is 0.0400. The van der Waals surface area contributed by atoms with Gasteiger partial charge in [-0.15, -0.1) is 0 Å². The molecule has 0 aliphatic carbocycles. The molecule has 26 heavy (non-hydrogen) atoms. The Morgan fingerprint density at radius 1 is 0.577 bits per heavy atom. The number of pyridine rings is 1. The van der Waals surface area contributed by atoms with Crippen LogP contribution in [-0.2, 0) is 0 Å². The summed E-state index contributed by atoms with van der Waals surface area (Å²) in [6.07, 6.45) is 2.26. The van der Waals surface area contributed by atoms with Gasteiger partial charge in [0, 0.05) is 23.0 Å². The molecule has 2 heterocycles. The van der Waals surface area contributed by atoms with Crippen LogP contribution in [0.5, 0.6) is 0 Å². The number of fused-ring (bicyclic) bond motifs is 2. The van der Waals surface area contributed by atoms with Crippen molar-refractivity contribution in [2.45, 2.75) is 6.92 Å². The van der Waals surface area contributed by atoms with Gasteiger partial charge in [0.25, 0.3) is 0 Å². The van der Waals surface area contributed by atoms with Crippen LogP contribution < -0.4 is 0 Å². The van der Waals surface area contributed by atoms with Crippen LogP contribution in [0.3, 0.4) is 0 Å². The Kier molecular flexibility index (Phi) is 3.39. The molecule has 1 nitrogen and oxygen atoms in total. The van der Waals surface area contributed by atoms with Crippen molar-refractivity contribution in [3.05, 3.63) is 103 Å². The molecule has 0 atom stereocenters. The minimum absolute atomic E-state index is 1.26. The third kappa shape index (κ3) is 2.25. The number of aromatic nitrogens is 1. The van der Waals surface area contributed by atoms with E-state index in [0.717, 1.165) is 0 Å². The van der Waals surface area contributed by atoms with E-state index in [9.17, 15) is 0 Å². The Bertz CT molecular complexity index is 1210. The number of hydrogen-bond donors (Lipinski definition) is 0. The van der Waals surface area contributed by atoms with Gasteiger partial charge in [-0.05, 0) is 34.9 Å². The lowest BCUT2D eigenvalue weighted by Crippen LogP contribution is -1.88. The second kappa shape index (κ2) is 5.89. The first-order chi connectivity index (χ1) is 12.8. The number of nitrogens with zero attached hydrogens (tertiary/aromatic N) is 1. The second-order valence-electron chi connectivity index (χ2n) is 6.73. The van der Waals surface area contributed by atoms with Gasteiger partial charge in [0.2, 0.25) is 0 Å². The molecule has 3 aromatic carbocycles. The molecule has 0 N–H and O–H groups in total. The van der Waals surface area contributed by atoms with Crippen molar-refractivity contribution in [1.29, 1.82) is 0 Å². The Hall–Kier alpha value is -3.32. The predicted octanol–water partition coefficient (Wildman–Crippen LogP) is 6.73. The molecule has 0 bridgehead atoms. The molecule has 0 radical (unpaired) electrons. The second-order valence-corrected chi connectivity index (χ2v) is 6.73. The van der Waals surface area contributed by atoms with E-state index in [1.165, 1.54) is 44.2 Å². The van der Waals surface area contributed by atoms with Gasteiger partial charge in [-0.3, -0.25) is 0 Å². The van der Waals surface area contributed by atoms with Crippen molar-refractivity contribution >= 4 is 16.3 Å². The topological polar surface area (TPSA) is 4.41 Å². The molecule has 1 heteroatoms. The fourth-order valence-electron chi connectivity index (χ4n) is 3.94. The highest BCUT2D eigenvalue weighted by Crippen LogP contribution is 2.40. The van der Waals surface area contributed by atoms with E-state index in [4.69, 9.17) is 0 Å². The number of aryl methyl sites for hydroxylation is 1. The summed E-state index contributed by atoms with van der Waals surface area (Å²) in [4.78, 5) is 0. The van der Waals surface area contributed by atoms with E-state index in [2.05, 4.69) is 109 Å². The molecule has 0 fully saturated rings. The van der Waals surface area contributed by atoms with E-state index in [1.54, 1.807) is 0 Å². The minimum atomic E-state index is 1.26. The molecule has 5 rings (SSSR count). The highest BCUT2D eigenvalue weighted by atomic mass is 14.9. The monoisotopic (exact) mass is 333 g/mol. The molecular weight excluding hydrogens is 314 g/mol. The molecule has 0 saturated carbocycles. The Labute approximate surface area is 153 Å². The summed E-state index contributed by atoms with van der Waals surface area (Å²) in [5.41, 5.74) is 7.66. The van der Waals surface area contributed by atoms with Crippen molar-refractivity contribution in [3.63, 3.8) is 0 Å². The van der Waals surface area contributed by atoms with E-state index < -0.39 is 0 Å². The molecule has 0 aliphatic heterocycles. The van der Waals surface area contributed by atoms with Crippen LogP contribution >= 0.6 is 0 Å². The van der Waals surface area contributed by atoms with Crippen LogP contribution in [0.1, 0.15) is 5.69 Å². The van der Waals surface area contributed by atoms with Crippen molar-refractivity contribution in [3.8, 4) is 22.3 Å². The molecule has 0 unspecified atom stereocenters. The summed E-state index contributed by atoms with van der Waals surface area (Å²) < 4.78 is 2.34. The number of hydrogen-bond acceptors (Lipinski definition) is 0. The zero-order valence-corrected chi connectivity index (χ0v) is 14.7. The van der Waals surface area contributed by atoms with Gasteiger partial charge in [0.05, 0.1) is 5.52 Å². The first-order valence-electron chi connectivity index (χ1n) is 8.97. The van der Waals surface area contributed by atoms with E-state index >= 15 is 0 Å². The van der Waals surface area contributed by atoms with Gasteiger partial charge in [0.15, 0.2) is 0 Å². The van der Waals surface area contributed by atoms with E-state index in [1.807, 2.05) is 0 Å².